The van der Waals surface area contributed by atoms with Crippen molar-refractivity contribution < 1.29 is 14.3 Å². The van der Waals surface area contributed by atoms with Crippen molar-refractivity contribution in [3.63, 3.8) is 0 Å². The third-order valence-electron chi connectivity index (χ3n) is 4.19. The molecule has 2 amide bonds. The Kier molecular flexibility index (Phi) is 6.46. The molecule has 0 fully saturated rings. The molecule has 0 unspecified atom stereocenters. The quantitative estimate of drug-likeness (QED) is 0.620. The van der Waals surface area contributed by atoms with Crippen molar-refractivity contribution in [1.29, 1.82) is 5.26 Å². The van der Waals surface area contributed by atoms with Crippen LogP contribution in [0.2, 0.25) is 0 Å². The van der Waals surface area contributed by atoms with Crippen LogP contribution in [0.25, 0.3) is 0 Å². The molecule has 6 nitrogen and oxygen atoms in total. The molecule has 0 atom stereocenters. The largest absolute Gasteiger partial charge is 0.491 e. The molecular formula is C24H21N3O3. The van der Waals surface area contributed by atoms with E-state index in [1.807, 2.05) is 19.9 Å². The zero-order chi connectivity index (χ0) is 21.5. The minimum absolute atomic E-state index is 0.0783. The van der Waals surface area contributed by atoms with Crippen molar-refractivity contribution in [2.75, 3.05) is 10.6 Å². The molecule has 30 heavy (non-hydrogen) atoms. The fraction of sp³-hybridized carbons (Fsp3) is 0.125. The maximum atomic E-state index is 12.5. The summed E-state index contributed by atoms with van der Waals surface area (Å²) in [7, 11) is 0. The lowest BCUT2D eigenvalue weighted by atomic mass is 10.1. The van der Waals surface area contributed by atoms with Crippen LogP contribution in [0.1, 0.15) is 40.1 Å². The summed E-state index contributed by atoms with van der Waals surface area (Å²) in [6.45, 7) is 3.89. The molecule has 0 aliphatic carbocycles. The van der Waals surface area contributed by atoms with Gasteiger partial charge in [-0.05, 0) is 74.5 Å². The van der Waals surface area contributed by atoms with Gasteiger partial charge in [0.15, 0.2) is 0 Å². The summed E-state index contributed by atoms with van der Waals surface area (Å²) in [6.07, 6.45) is 0.0783. The highest BCUT2D eigenvalue weighted by atomic mass is 16.5. The first-order chi connectivity index (χ1) is 14.5. The molecule has 0 aromatic heterocycles. The predicted octanol–water partition coefficient (Wildman–Crippen LogP) is 4.85. The molecule has 0 heterocycles. The van der Waals surface area contributed by atoms with Gasteiger partial charge in [0.1, 0.15) is 11.8 Å². The molecular weight excluding hydrogens is 378 g/mol. The number of hydrogen-bond acceptors (Lipinski definition) is 4. The van der Waals surface area contributed by atoms with E-state index >= 15 is 0 Å². The highest BCUT2D eigenvalue weighted by Crippen LogP contribution is 2.18. The van der Waals surface area contributed by atoms with Gasteiger partial charge in [0.05, 0.1) is 17.4 Å². The Hall–Kier alpha value is -4.11. The minimum atomic E-state index is -0.356. The Bertz CT molecular complexity index is 1080. The van der Waals surface area contributed by atoms with Gasteiger partial charge in [-0.2, -0.15) is 5.26 Å². The van der Waals surface area contributed by atoms with Gasteiger partial charge in [-0.3, -0.25) is 9.59 Å². The lowest BCUT2D eigenvalue weighted by molar-refractivity contribution is 0.101. The van der Waals surface area contributed by atoms with Crippen molar-refractivity contribution >= 4 is 23.2 Å². The summed E-state index contributed by atoms with van der Waals surface area (Å²) in [5.41, 5.74) is 2.27. The normalized spacial score (nSPS) is 10.2. The van der Waals surface area contributed by atoms with E-state index in [2.05, 4.69) is 10.6 Å². The van der Waals surface area contributed by atoms with Gasteiger partial charge in [-0.15, -0.1) is 0 Å². The van der Waals surface area contributed by atoms with E-state index in [9.17, 15) is 9.59 Å². The van der Waals surface area contributed by atoms with Gasteiger partial charge in [0, 0.05) is 16.8 Å². The first-order valence-corrected chi connectivity index (χ1v) is 9.45. The Balaban J connectivity index is 1.64. The Labute approximate surface area is 175 Å². The summed E-state index contributed by atoms with van der Waals surface area (Å²) in [5, 5.41) is 14.6. The second kappa shape index (κ2) is 9.39. The topological polar surface area (TPSA) is 91.2 Å². The van der Waals surface area contributed by atoms with Gasteiger partial charge in [0.25, 0.3) is 11.8 Å². The zero-order valence-corrected chi connectivity index (χ0v) is 16.7. The van der Waals surface area contributed by atoms with Gasteiger partial charge in [0.2, 0.25) is 0 Å². The molecule has 0 aliphatic rings. The minimum Gasteiger partial charge on any atom is -0.491 e. The molecule has 3 aromatic rings. The highest BCUT2D eigenvalue weighted by molar-refractivity contribution is 6.07. The van der Waals surface area contributed by atoms with E-state index in [0.717, 1.165) is 5.75 Å². The van der Waals surface area contributed by atoms with Crippen molar-refractivity contribution in [1.82, 2.24) is 0 Å². The van der Waals surface area contributed by atoms with Crippen molar-refractivity contribution in [3.05, 3.63) is 89.5 Å². The SMILES string of the molecule is CC(C)Oc1ccc(NC(=O)c2ccc(C(=O)Nc3ccccc3C#N)cc2)cc1. The third-order valence-corrected chi connectivity index (χ3v) is 4.19. The number of hydrogen-bond donors (Lipinski definition) is 2. The van der Waals surface area contributed by atoms with Crippen LogP contribution in [0.5, 0.6) is 5.75 Å². The fourth-order valence-electron chi connectivity index (χ4n) is 2.75. The number of anilines is 2. The monoisotopic (exact) mass is 399 g/mol. The summed E-state index contributed by atoms with van der Waals surface area (Å²) in [6, 6.07) is 22.2. The molecule has 0 spiro atoms. The molecule has 3 aromatic carbocycles. The van der Waals surface area contributed by atoms with E-state index in [4.69, 9.17) is 10.00 Å². The highest BCUT2D eigenvalue weighted by Gasteiger charge is 2.11. The fourth-order valence-corrected chi connectivity index (χ4v) is 2.75. The molecule has 0 radical (unpaired) electrons. The predicted molar refractivity (Wildman–Crippen MR) is 116 cm³/mol. The summed E-state index contributed by atoms with van der Waals surface area (Å²) < 4.78 is 5.58. The standard InChI is InChI=1S/C24H21N3O3/c1-16(2)30-21-13-11-20(12-14-21)26-23(28)17-7-9-18(10-8-17)24(29)27-22-6-4-3-5-19(22)15-25/h3-14,16H,1-2H3,(H,26,28)(H,27,29). The number of carbonyl (C=O) groups excluding carboxylic acids is 2. The number of nitriles is 1. The van der Waals surface area contributed by atoms with Crippen molar-refractivity contribution in [3.8, 4) is 11.8 Å². The van der Waals surface area contributed by atoms with Gasteiger partial charge in [-0.25, -0.2) is 0 Å². The maximum Gasteiger partial charge on any atom is 0.255 e. The van der Waals surface area contributed by atoms with Crippen LogP contribution in [0, 0.1) is 11.3 Å². The number of benzene rings is 3. The summed E-state index contributed by atoms with van der Waals surface area (Å²) in [5.74, 6) is 0.0936. The summed E-state index contributed by atoms with van der Waals surface area (Å²) >= 11 is 0. The molecule has 3 rings (SSSR count). The lowest BCUT2D eigenvalue weighted by Gasteiger charge is -2.11. The number of nitrogens with zero attached hydrogens (tertiary/aromatic N) is 1. The van der Waals surface area contributed by atoms with Crippen LogP contribution >= 0.6 is 0 Å². The third kappa shape index (κ3) is 5.24. The van der Waals surface area contributed by atoms with E-state index in [1.165, 1.54) is 0 Å². The molecule has 6 heteroatoms. The molecule has 0 saturated carbocycles. The van der Waals surface area contributed by atoms with Crippen LogP contribution < -0.4 is 15.4 Å². The van der Waals surface area contributed by atoms with Crippen LogP contribution in [-0.2, 0) is 0 Å². The number of rotatable bonds is 6. The van der Waals surface area contributed by atoms with Gasteiger partial charge >= 0.3 is 0 Å². The van der Waals surface area contributed by atoms with Crippen LogP contribution in [-0.4, -0.2) is 17.9 Å². The Morgan fingerprint density at radius 3 is 1.97 bits per heavy atom. The first kappa shape index (κ1) is 20.6. The number of nitrogens with one attached hydrogen (secondary N) is 2. The average molecular weight is 399 g/mol. The molecule has 150 valence electrons. The van der Waals surface area contributed by atoms with Crippen molar-refractivity contribution in [2.45, 2.75) is 20.0 Å². The van der Waals surface area contributed by atoms with Crippen LogP contribution in [0.15, 0.2) is 72.8 Å². The Morgan fingerprint density at radius 2 is 1.40 bits per heavy atom. The van der Waals surface area contributed by atoms with E-state index in [0.29, 0.717) is 28.1 Å². The number of ether oxygens (including phenoxy) is 1. The van der Waals surface area contributed by atoms with Crippen molar-refractivity contribution in [2.24, 2.45) is 0 Å². The van der Waals surface area contributed by atoms with E-state index in [1.54, 1.807) is 72.8 Å². The first-order valence-electron chi connectivity index (χ1n) is 9.45. The number of amides is 2. The zero-order valence-electron chi connectivity index (χ0n) is 16.7. The van der Waals surface area contributed by atoms with Gasteiger partial charge in [-0.1, -0.05) is 12.1 Å². The average Bonchev–Trinajstić information content (AvgIpc) is 2.75. The second-order valence-electron chi connectivity index (χ2n) is 6.83. The second-order valence-corrected chi connectivity index (χ2v) is 6.83. The van der Waals surface area contributed by atoms with Crippen LogP contribution in [0.4, 0.5) is 11.4 Å². The molecule has 0 saturated heterocycles. The van der Waals surface area contributed by atoms with Gasteiger partial charge < -0.3 is 15.4 Å². The lowest BCUT2D eigenvalue weighted by Crippen LogP contribution is -2.15. The number of carbonyl (C=O) groups is 2. The van der Waals surface area contributed by atoms with E-state index < -0.39 is 0 Å². The van der Waals surface area contributed by atoms with E-state index in [-0.39, 0.29) is 17.9 Å². The summed E-state index contributed by atoms with van der Waals surface area (Å²) in [4.78, 5) is 24.9. The number of para-hydroxylation sites is 1. The molecule has 0 aliphatic heterocycles. The maximum absolute atomic E-state index is 12.5. The Morgan fingerprint density at radius 1 is 0.833 bits per heavy atom. The van der Waals surface area contributed by atoms with Crippen LogP contribution in [0.3, 0.4) is 0 Å². The smallest absolute Gasteiger partial charge is 0.255 e. The molecule has 0 bridgehead atoms. The molecule has 2 N–H and O–H groups in total.